The maximum absolute atomic E-state index is 11.4. The van der Waals surface area contributed by atoms with Crippen molar-refractivity contribution in [2.45, 2.75) is 51.9 Å². The summed E-state index contributed by atoms with van der Waals surface area (Å²) in [6.07, 6.45) is 7.22. The summed E-state index contributed by atoms with van der Waals surface area (Å²) in [7, 11) is 0. The van der Waals surface area contributed by atoms with Gasteiger partial charge in [-0.25, -0.2) is 5.32 Å². The second-order valence-corrected chi connectivity index (χ2v) is 4.58. The van der Waals surface area contributed by atoms with Crippen molar-refractivity contribution >= 4 is 5.97 Å². The van der Waals surface area contributed by atoms with Crippen LogP contribution in [0, 0.1) is 5.92 Å². The van der Waals surface area contributed by atoms with Crippen molar-refractivity contribution in [3.05, 3.63) is 0 Å². The maximum atomic E-state index is 11.4. The highest BCUT2D eigenvalue weighted by Crippen LogP contribution is 2.18. The number of ether oxygens (including phenoxy) is 1. The molecule has 1 rings (SSSR count). The average Bonchev–Trinajstić information content (AvgIpc) is 2.33. The number of carbonyl (C=O) groups excluding carboxylic acids is 1. The zero-order chi connectivity index (χ0) is 11.6. The van der Waals surface area contributed by atoms with Gasteiger partial charge in [0, 0.05) is 19.5 Å². The van der Waals surface area contributed by atoms with Gasteiger partial charge in [0.25, 0.3) is 0 Å². The van der Waals surface area contributed by atoms with Gasteiger partial charge in [0.05, 0.1) is 6.61 Å². The Labute approximate surface area is 98.9 Å². The topological polar surface area (TPSA) is 40.4 Å². The molecule has 0 atom stereocenters. The molecule has 1 saturated heterocycles. The molecule has 1 fully saturated rings. The van der Waals surface area contributed by atoms with Crippen molar-refractivity contribution in [3.63, 3.8) is 0 Å². The largest absolute Gasteiger partial charge is 0.466 e. The van der Waals surface area contributed by atoms with Crippen LogP contribution >= 0.6 is 0 Å². The molecule has 0 amide bonds. The summed E-state index contributed by atoms with van der Waals surface area (Å²) in [5.41, 5.74) is 0. The standard InChI is InChI=1S/C13H24NO2/c1-2-3-4-11-16-13(15)6-5-12-7-9-14-10-8-12/h12H,2-11H2,1H3. The van der Waals surface area contributed by atoms with Gasteiger partial charge in [-0.1, -0.05) is 19.8 Å². The maximum Gasteiger partial charge on any atom is 0.305 e. The fraction of sp³-hybridized carbons (Fsp3) is 0.923. The van der Waals surface area contributed by atoms with Crippen molar-refractivity contribution in [2.75, 3.05) is 19.7 Å². The minimum absolute atomic E-state index is 0.0152. The van der Waals surface area contributed by atoms with E-state index in [1.165, 1.54) is 6.42 Å². The molecule has 0 unspecified atom stereocenters. The molecule has 0 aromatic rings. The van der Waals surface area contributed by atoms with Crippen molar-refractivity contribution in [3.8, 4) is 0 Å². The molecular formula is C13H24NO2. The smallest absolute Gasteiger partial charge is 0.305 e. The predicted molar refractivity (Wildman–Crippen MR) is 64.3 cm³/mol. The van der Waals surface area contributed by atoms with Crippen LogP contribution in [0.1, 0.15) is 51.9 Å². The molecule has 1 aliphatic rings. The summed E-state index contributed by atoms with van der Waals surface area (Å²) in [5, 5.41) is 4.31. The van der Waals surface area contributed by atoms with E-state index in [0.717, 1.165) is 45.2 Å². The molecule has 16 heavy (non-hydrogen) atoms. The van der Waals surface area contributed by atoms with Gasteiger partial charge >= 0.3 is 5.97 Å². The third-order valence-electron chi connectivity index (χ3n) is 3.16. The Morgan fingerprint density at radius 2 is 2.06 bits per heavy atom. The summed E-state index contributed by atoms with van der Waals surface area (Å²) in [6, 6.07) is 0. The first-order valence-corrected chi connectivity index (χ1v) is 6.61. The molecule has 3 nitrogen and oxygen atoms in total. The SMILES string of the molecule is CCCCCOC(=O)CCC1CC[N]CC1. The molecule has 1 radical (unpaired) electrons. The quantitative estimate of drug-likeness (QED) is 0.494. The third-order valence-corrected chi connectivity index (χ3v) is 3.16. The molecule has 0 saturated carbocycles. The molecule has 0 N–H and O–H groups in total. The summed E-state index contributed by atoms with van der Waals surface area (Å²) in [4.78, 5) is 11.4. The number of hydrogen-bond donors (Lipinski definition) is 0. The normalized spacial score (nSPS) is 17.3. The second kappa shape index (κ2) is 8.57. The first-order valence-electron chi connectivity index (χ1n) is 6.61. The lowest BCUT2D eigenvalue weighted by Gasteiger charge is -2.20. The molecule has 0 spiro atoms. The monoisotopic (exact) mass is 226 g/mol. The minimum atomic E-state index is -0.0152. The number of piperidine rings is 1. The second-order valence-electron chi connectivity index (χ2n) is 4.58. The van der Waals surface area contributed by atoms with Gasteiger partial charge in [-0.05, 0) is 31.6 Å². The van der Waals surface area contributed by atoms with Gasteiger partial charge in [-0.15, -0.1) is 0 Å². The van der Waals surface area contributed by atoms with E-state index < -0.39 is 0 Å². The van der Waals surface area contributed by atoms with Crippen LogP contribution in [-0.4, -0.2) is 25.7 Å². The van der Waals surface area contributed by atoms with E-state index in [-0.39, 0.29) is 5.97 Å². The van der Waals surface area contributed by atoms with E-state index >= 15 is 0 Å². The highest BCUT2D eigenvalue weighted by molar-refractivity contribution is 5.69. The molecular weight excluding hydrogens is 202 g/mol. The average molecular weight is 226 g/mol. The Morgan fingerprint density at radius 1 is 1.31 bits per heavy atom. The first kappa shape index (κ1) is 13.5. The molecule has 0 aromatic carbocycles. The predicted octanol–water partition coefficient (Wildman–Crippen LogP) is 2.51. The number of carbonyl (C=O) groups is 1. The molecule has 3 heteroatoms. The van der Waals surface area contributed by atoms with Crippen LogP contribution in [0.5, 0.6) is 0 Å². The molecule has 0 bridgehead atoms. The lowest BCUT2D eigenvalue weighted by molar-refractivity contribution is -0.144. The highest BCUT2D eigenvalue weighted by atomic mass is 16.5. The van der Waals surface area contributed by atoms with E-state index in [2.05, 4.69) is 12.2 Å². The van der Waals surface area contributed by atoms with E-state index in [1.807, 2.05) is 0 Å². The van der Waals surface area contributed by atoms with Crippen LogP contribution in [0.25, 0.3) is 0 Å². The van der Waals surface area contributed by atoms with Crippen molar-refractivity contribution in [1.82, 2.24) is 5.32 Å². The van der Waals surface area contributed by atoms with Crippen molar-refractivity contribution < 1.29 is 9.53 Å². The molecule has 0 aromatic heterocycles. The van der Waals surface area contributed by atoms with E-state index in [1.54, 1.807) is 0 Å². The Balaban J connectivity index is 1.96. The molecule has 1 aliphatic heterocycles. The fourth-order valence-electron chi connectivity index (χ4n) is 2.02. The Kier molecular flexibility index (Phi) is 7.23. The molecule has 1 heterocycles. The zero-order valence-electron chi connectivity index (χ0n) is 10.4. The van der Waals surface area contributed by atoms with E-state index in [0.29, 0.717) is 18.9 Å². The van der Waals surface area contributed by atoms with Crippen LogP contribution in [0.4, 0.5) is 0 Å². The molecule has 0 aliphatic carbocycles. The minimum Gasteiger partial charge on any atom is -0.466 e. The Bertz CT molecular complexity index is 188. The van der Waals surface area contributed by atoms with Crippen LogP contribution in [0.15, 0.2) is 0 Å². The third kappa shape index (κ3) is 6.11. The van der Waals surface area contributed by atoms with Gasteiger partial charge in [0.1, 0.15) is 0 Å². The lowest BCUT2D eigenvalue weighted by Crippen LogP contribution is -2.23. The fourth-order valence-corrected chi connectivity index (χ4v) is 2.02. The summed E-state index contributed by atoms with van der Waals surface area (Å²) < 4.78 is 5.17. The van der Waals surface area contributed by atoms with Crippen molar-refractivity contribution in [2.24, 2.45) is 5.92 Å². The number of esters is 1. The van der Waals surface area contributed by atoms with Gasteiger partial charge < -0.3 is 4.74 Å². The zero-order valence-corrected chi connectivity index (χ0v) is 10.4. The van der Waals surface area contributed by atoms with Crippen LogP contribution < -0.4 is 5.32 Å². The molecule has 93 valence electrons. The lowest BCUT2D eigenvalue weighted by atomic mass is 9.93. The summed E-state index contributed by atoms with van der Waals surface area (Å²) in [6.45, 7) is 4.72. The van der Waals surface area contributed by atoms with Crippen LogP contribution in [0.2, 0.25) is 0 Å². The van der Waals surface area contributed by atoms with Gasteiger partial charge in [0.15, 0.2) is 0 Å². The number of hydrogen-bond acceptors (Lipinski definition) is 2. The number of rotatable bonds is 7. The van der Waals surface area contributed by atoms with Gasteiger partial charge in [0.2, 0.25) is 0 Å². The van der Waals surface area contributed by atoms with Crippen LogP contribution in [-0.2, 0) is 9.53 Å². The van der Waals surface area contributed by atoms with Crippen molar-refractivity contribution in [1.29, 1.82) is 0 Å². The van der Waals surface area contributed by atoms with Crippen LogP contribution in [0.3, 0.4) is 0 Å². The number of unbranched alkanes of at least 4 members (excludes halogenated alkanes) is 2. The van der Waals surface area contributed by atoms with E-state index in [4.69, 9.17) is 4.74 Å². The van der Waals surface area contributed by atoms with E-state index in [9.17, 15) is 4.79 Å². The summed E-state index contributed by atoms with van der Waals surface area (Å²) >= 11 is 0. The summed E-state index contributed by atoms with van der Waals surface area (Å²) in [5.74, 6) is 0.680. The number of nitrogens with zero attached hydrogens (tertiary/aromatic N) is 1. The Hall–Kier alpha value is -0.570. The first-order chi connectivity index (χ1) is 7.83. The Morgan fingerprint density at radius 3 is 2.75 bits per heavy atom. The highest BCUT2D eigenvalue weighted by Gasteiger charge is 2.15. The van der Waals surface area contributed by atoms with Gasteiger partial charge in [-0.3, -0.25) is 4.79 Å². The van der Waals surface area contributed by atoms with Gasteiger partial charge in [-0.2, -0.15) is 0 Å².